The van der Waals surface area contributed by atoms with E-state index >= 15 is 0 Å². The third kappa shape index (κ3) is 3.38. The molecule has 0 saturated carbocycles. The minimum absolute atomic E-state index is 0.0869. The van der Waals surface area contributed by atoms with Crippen molar-refractivity contribution in [2.45, 2.75) is 6.92 Å². The molecule has 7 nitrogen and oxygen atoms in total. The third-order valence-electron chi connectivity index (χ3n) is 2.75. The molecule has 112 valence electrons. The summed E-state index contributed by atoms with van der Waals surface area (Å²) < 4.78 is 6.84. The summed E-state index contributed by atoms with van der Waals surface area (Å²) in [5, 5.41) is 13.1. The van der Waals surface area contributed by atoms with E-state index in [-0.39, 0.29) is 19.0 Å². The van der Waals surface area contributed by atoms with E-state index in [9.17, 15) is 4.79 Å². The molecule has 0 unspecified atom stereocenters. The second-order valence-corrected chi connectivity index (χ2v) is 4.72. The normalized spacial score (nSPS) is 11.2. The molecule has 0 atom stereocenters. The van der Waals surface area contributed by atoms with Crippen LogP contribution in [0.3, 0.4) is 0 Å². The van der Waals surface area contributed by atoms with E-state index in [4.69, 9.17) is 9.84 Å². The van der Waals surface area contributed by atoms with Gasteiger partial charge in [0.15, 0.2) is 11.4 Å². The monoisotopic (exact) mass is 290 g/mol. The number of fused-ring (bicyclic) bond motifs is 1. The van der Waals surface area contributed by atoms with E-state index in [0.717, 1.165) is 0 Å². The lowest BCUT2D eigenvalue weighted by Gasteiger charge is -2.07. The Hall–Kier alpha value is -2.41. The number of ketones is 1. The van der Waals surface area contributed by atoms with Crippen LogP contribution in [-0.2, 0) is 0 Å². The summed E-state index contributed by atoms with van der Waals surface area (Å²) in [5.74, 6) is 0.271. The Kier molecular flexibility index (Phi) is 4.54. The molecule has 7 heteroatoms. The number of carbonyl (C=O) groups excluding carboxylic acids is 1. The second-order valence-electron chi connectivity index (χ2n) is 4.72. The van der Waals surface area contributed by atoms with Crippen LogP contribution in [0.1, 0.15) is 23.0 Å². The number of carbonyl (C=O) groups is 1. The summed E-state index contributed by atoms with van der Waals surface area (Å²) in [5.41, 5.74) is 1.70. The molecule has 0 amide bonds. The zero-order valence-electron chi connectivity index (χ0n) is 12.3. The van der Waals surface area contributed by atoms with Crippen molar-refractivity contribution < 1.29 is 14.6 Å². The van der Waals surface area contributed by atoms with Crippen LogP contribution in [-0.4, -0.2) is 57.7 Å². The molecule has 2 heterocycles. The number of ether oxygens (including phenoxy) is 1. The van der Waals surface area contributed by atoms with Crippen molar-refractivity contribution in [3.05, 3.63) is 29.7 Å². The maximum atomic E-state index is 11.7. The number of aliphatic hydroxyl groups excluding tert-OH is 1. The predicted molar refractivity (Wildman–Crippen MR) is 78.3 cm³/mol. The van der Waals surface area contributed by atoms with Gasteiger partial charge in [-0.15, -0.1) is 5.10 Å². The van der Waals surface area contributed by atoms with Crippen molar-refractivity contribution in [2.75, 3.05) is 27.3 Å². The average molecular weight is 290 g/mol. The SMILES string of the molecule is CC(=O)c1cnc2cc(OCCO)nn2c1/C=C/N(C)C. The minimum Gasteiger partial charge on any atom is -0.474 e. The lowest BCUT2D eigenvalue weighted by molar-refractivity contribution is 0.101. The van der Waals surface area contributed by atoms with Gasteiger partial charge in [0, 0.05) is 32.6 Å². The van der Waals surface area contributed by atoms with Crippen LogP contribution < -0.4 is 4.74 Å². The first-order valence-electron chi connectivity index (χ1n) is 6.51. The van der Waals surface area contributed by atoms with E-state index in [2.05, 4.69) is 10.1 Å². The van der Waals surface area contributed by atoms with Crippen LogP contribution >= 0.6 is 0 Å². The predicted octanol–water partition coefficient (Wildman–Crippen LogP) is 0.835. The first-order valence-corrected chi connectivity index (χ1v) is 6.51. The van der Waals surface area contributed by atoms with Crippen LogP contribution in [0, 0.1) is 0 Å². The summed E-state index contributed by atoms with van der Waals surface area (Å²) in [6, 6.07) is 1.66. The van der Waals surface area contributed by atoms with Gasteiger partial charge in [0.25, 0.3) is 0 Å². The highest BCUT2D eigenvalue weighted by Crippen LogP contribution is 2.18. The Morgan fingerprint density at radius 2 is 2.29 bits per heavy atom. The fraction of sp³-hybridized carbons (Fsp3) is 0.357. The van der Waals surface area contributed by atoms with Gasteiger partial charge in [-0.2, -0.15) is 0 Å². The molecule has 1 N–H and O–H groups in total. The highest BCUT2D eigenvalue weighted by Gasteiger charge is 2.13. The lowest BCUT2D eigenvalue weighted by Crippen LogP contribution is -2.07. The van der Waals surface area contributed by atoms with Gasteiger partial charge >= 0.3 is 0 Å². The van der Waals surface area contributed by atoms with Gasteiger partial charge in [-0.1, -0.05) is 0 Å². The molecule has 2 aromatic heterocycles. The molecule has 0 aliphatic heterocycles. The zero-order chi connectivity index (χ0) is 15.4. The Morgan fingerprint density at radius 1 is 1.52 bits per heavy atom. The summed E-state index contributed by atoms with van der Waals surface area (Å²) >= 11 is 0. The Bertz CT molecular complexity index is 676. The first-order chi connectivity index (χ1) is 10.0. The molecule has 21 heavy (non-hydrogen) atoms. The van der Waals surface area contributed by atoms with Crippen LogP contribution in [0.2, 0.25) is 0 Å². The summed E-state index contributed by atoms with van der Waals surface area (Å²) in [6.07, 6.45) is 5.16. The van der Waals surface area contributed by atoms with E-state index in [0.29, 0.717) is 22.8 Å². The van der Waals surface area contributed by atoms with Gasteiger partial charge in [-0.05, 0) is 13.0 Å². The number of aromatic nitrogens is 3. The van der Waals surface area contributed by atoms with Crippen molar-refractivity contribution in [1.29, 1.82) is 0 Å². The number of Topliss-reactive ketones (excluding diaryl/α,β-unsaturated/α-hetero) is 1. The van der Waals surface area contributed by atoms with Crippen molar-refractivity contribution >= 4 is 17.5 Å². The maximum absolute atomic E-state index is 11.7. The molecule has 2 aromatic rings. The van der Waals surface area contributed by atoms with Crippen LogP contribution in [0.4, 0.5) is 0 Å². The molecule has 0 saturated heterocycles. The minimum atomic E-state index is -0.0899. The van der Waals surface area contributed by atoms with Crippen molar-refractivity contribution in [2.24, 2.45) is 0 Å². The van der Waals surface area contributed by atoms with E-state index in [1.807, 2.05) is 25.2 Å². The number of hydrogen-bond acceptors (Lipinski definition) is 6. The first kappa shape index (κ1) is 15.0. The standard InChI is InChI=1S/C14H18N4O3/c1-10(20)11-9-15-13-8-14(21-7-6-19)16-18(13)12(11)4-5-17(2)3/h4-5,8-9,19H,6-7H2,1-3H3/b5-4+. The average Bonchev–Trinajstić information content (AvgIpc) is 2.84. The topological polar surface area (TPSA) is 80.0 Å². The molecule has 0 aliphatic rings. The lowest BCUT2D eigenvalue weighted by atomic mass is 10.1. The van der Waals surface area contributed by atoms with E-state index in [1.54, 1.807) is 16.7 Å². The molecular weight excluding hydrogens is 272 g/mol. The van der Waals surface area contributed by atoms with Gasteiger partial charge in [0.2, 0.25) is 5.88 Å². The van der Waals surface area contributed by atoms with Gasteiger partial charge in [-0.3, -0.25) is 4.79 Å². The van der Waals surface area contributed by atoms with Gasteiger partial charge in [0.05, 0.1) is 17.9 Å². The Morgan fingerprint density at radius 3 is 2.90 bits per heavy atom. The third-order valence-corrected chi connectivity index (χ3v) is 2.75. The Balaban J connectivity index is 2.54. The molecular formula is C14H18N4O3. The molecule has 0 bridgehead atoms. The molecule has 0 radical (unpaired) electrons. The summed E-state index contributed by atoms with van der Waals surface area (Å²) in [6.45, 7) is 1.56. The summed E-state index contributed by atoms with van der Waals surface area (Å²) in [7, 11) is 3.78. The van der Waals surface area contributed by atoms with Gasteiger partial charge < -0.3 is 14.7 Å². The van der Waals surface area contributed by atoms with Crippen molar-refractivity contribution in [3.8, 4) is 5.88 Å². The van der Waals surface area contributed by atoms with Crippen LogP contribution in [0.25, 0.3) is 11.7 Å². The fourth-order valence-electron chi connectivity index (χ4n) is 1.80. The maximum Gasteiger partial charge on any atom is 0.235 e. The number of aliphatic hydroxyl groups is 1. The zero-order valence-corrected chi connectivity index (χ0v) is 12.3. The highest BCUT2D eigenvalue weighted by molar-refractivity contribution is 5.97. The molecule has 0 fully saturated rings. The van der Waals surface area contributed by atoms with Crippen molar-refractivity contribution in [3.63, 3.8) is 0 Å². The van der Waals surface area contributed by atoms with Gasteiger partial charge in [-0.25, -0.2) is 9.50 Å². The number of hydrogen-bond donors (Lipinski definition) is 1. The quantitative estimate of drug-likeness (QED) is 0.794. The molecule has 0 aliphatic carbocycles. The number of nitrogens with zero attached hydrogens (tertiary/aromatic N) is 4. The second kappa shape index (κ2) is 6.36. The molecule has 0 aromatic carbocycles. The van der Waals surface area contributed by atoms with E-state index < -0.39 is 0 Å². The van der Waals surface area contributed by atoms with Crippen LogP contribution in [0.5, 0.6) is 5.88 Å². The fourth-order valence-corrected chi connectivity index (χ4v) is 1.80. The molecule has 0 spiro atoms. The largest absolute Gasteiger partial charge is 0.474 e. The number of rotatable bonds is 6. The van der Waals surface area contributed by atoms with Crippen molar-refractivity contribution in [1.82, 2.24) is 19.5 Å². The smallest absolute Gasteiger partial charge is 0.235 e. The summed E-state index contributed by atoms with van der Waals surface area (Å²) in [4.78, 5) is 17.8. The highest BCUT2D eigenvalue weighted by atomic mass is 16.5. The Labute approximate surface area is 122 Å². The van der Waals surface area contributed by atoms with Crippen LogP contribution in [0.15, 0.2) is 18.5 Å². The molecule has 2 rings (SSSR count). The van der Waals surface area contributed by atoms with E-state index in [1.165, 1.54) is 13.1 Å². The van der Waals surface area contributed by atoms with Gasteiger partial charge in [0.1, 0.15) is 6.61 Å².